The molecular weight excluding hydrogens is 573 g/mol. The molecule has 3 aliphatic rings. The zero-order valence-corrected chi connectivity index (χ0v) is 24.5. The molecule has 42 heavy (non-hydrogen) atoms. The minimum Gasteiger partial charge on any atom is -0.477 e. The Morgan fingerprint density at radius 2 is 2.00 bits per heavy atom. The van der Waals surface area contributed by atoms with Crippen molar-refractivity contribution in [2.75, 3.05) is 6.61 Å². The van der Waals surface area contributed by atoms with E-state index in [2.05, 4.69) is 28.8 Å². The fourth-order valence-electron chi connectivity index (χ4n) is 6.17. The summed E-state index contributed by atoms with van der Waals surface area (Å²) >= 11 is 0. The number of ether oxygens (including phenoxy) is 1. The molecule has 2 aromatic heterocycles. The molecule has 230 valence electrons. The van der Waals surface area contributed by atoms with Gasteiger partial charge < -0.3 is 10.5 Å². The second-order valence-corrected chi connectivity index (χ2v) is 14.1. The van der Waals surface area contributed by atoms with Crippen LogP contribution in [0.25, 0.3) is 5.82 Å². The van der Waals surface area contributed by atoms with Crippen molar-refractivity contribution in [3.05, 3.63) is 42.3 Å². The molecule has 0 aromatic carbocycles. The largest absolute Gasteiger partial charge is 0.477 e. The van der Waals surface area contributed by atoms with Crippen molar-refractivity contribution in [1.29, 1.82) is 0 Å². The summed E-state index contributed by atoms with van der Waals surface area (Å²) in [6.07, 6.45) is 5.66. The van der Waals surface area contributed by atoms with E-state index in [0.717, 1.165) is 19.3 Å². The molecule has 2 unspecified atom stereocenters. The molecule has 2 saturated carbocycles. The number of rotatable bonds is 7. The van der Waals surface area contributed by atoms with Crippen molar-refractivity contribution >= 4 is 21.8 Å². The summed E-state index contributed by atoms with van der Waals surface area (Å²) in [5, 5.41) is 8.17. The Bertz CT molecular complexity index is 1490. The van der Waals surface area contributed by atoms with Crippen molar-refractivity contribution in [3.8, 4) is 5.88 Å². The van der Waals surface area contributed by atoms with Crippen LogP contribution in [0.1, 0.15) is 65.2 Å². The lowest BCUT2D eigenvalue weighted by molar-refractivity contribution is -0.189. The highest BCUT2D eigenvalue weighted by Gasteiger charge is 2.62. The monoisotopic (exact) mass is 610 g/mol. The average molecular weight is 611 g/mol. The first-order chi connectivity index (χ1) is 19.7. The SMILES string of the molecule is CC1(C)CC2CCn3ccc(n3)S(=O)(=O)NC(=O)/C(=C/C=C(\N)n3ccc(OCCCC4(C(F)(F)F)CC4)n3)CC1C2. The van der Waals surface area contributed by atoms with Crippen LogP contribution in [0.4, 0.5) is 13.2 Å². The standard InChI is InChI=1S/C28H37F3N6O4S/c1-26(2)18-19-6-12-36-13-8-24(34-36)42(39,40)35-25(38)20(17-21(26)16-19)4-5-22(32)37-14-7-23(33-37)41-15-3-9-27(10-11-27)28(29,30)31/h4-5,7-8,13-14,19,21H,3,6,9-12,15-18,32H2,1-2H3,(H,35,38)/b20-4+,22-5+. The summed E-state index contributed by atoms with van der Waals surface area (Å²) in [6, 6.07) is 2.92. The van der Waals surface area contributed by atoms with Crippen LogP contribution < -0.4 is 15.2 Å². The topological polar surface area (TPSA) is 134 Å². The second-order valence-electron chi connectivity index (χ2n) is 12.4. The third kappa shape index (κ3) is 6.52. The van der Waals surface area contributed by atoms with Gasteiger partial charge in [-0.2, -0.15) is 26.7 Å². The van der Waals surface area contributed by atoms with Gasteiger partial charge in [-0.15, -0.1) is 5.10 Å². The molecule has 1 aliphatic heterocycles. The maximum Gasteiger partial charge on any atom is 0.394 e. The van der Waals surface area contributed by atoms with Gasteiger partial charge in [0.15, 0.2) is 5.03 Å². The Hall–Kier alpha value is -3.29. The number of hydrogen-bond donors (Lipinski definition) is 2. The number of nitrogens with one attached hydrogen (secondary N) is 1. The lowest BCUT2D eigenvalue weighted by atomic mass is 9.78. The zero-order chi connectivity index (χ0) is 30.3. The number of sulfonamides is 1. The van der Waals surface area contributed by atoms with Crippen molar-refractivity contribution in [1.82, 2.24) is 24.3 Å². The van der Waals surface area contributed by atoms with Crippen LogP contribution in [0.2, 0.25) is 0 Å². The van der Waals surface area contributed by atoms with E-state index in [-0.39, 0.29) is 65.9 Å². The van der Waals surface area contributed by atoms with Gasteiger partial charge in [0.25, 0.3) is 15.9 Å². The molecule has 3 heterocycles. The van der Waals surface area contributed by atoms with Crippen molar-refractivity contribution in [2.24, 2.45) is 28.4 Å². The molecular formula is C28H37F3N6O4S. The van der Waals surface area contributed by atoms with Crippen LogP contribution in [0.15, 0.2) is 47.3 Å². The maximum absolute atomic E-state index is 13.3. The Labute approximate surface area is 243 Å². The summed E-state index contributed by atoms with van der Waals surface area (Å²) < 4.78 is 75.7. The number of amides is 1. The van der Waals surface area contributed by atoms with Gasteiger partial charge in [-0.05, 0) is 86.8 Å². The minimum absolute atomic E-state index is 0.0189. The zero-order valence-electron chi connectivity index (χ0n) is 23.7. The normalized spacial score (nSPS) is 26.2. The molecule has 10 nitrogen and oxygen atoms in total. The molecule has 2 aliphatic carbocycles. The molecule has 5 rings (SSSR count). The molecule has 2 atom stereocenters. The number of aryl methyl sites for hydroxylation is 1. The minimum atomic E-state index is -4.19. The van der Waals surface area contributed by atoms with Gasteiger partial charge in [-0.3, -0.25) is 9.48 Å². The van der Waals surface area contributed by atoms with Crippen LogP contribution in [-0.2, 0) is 21.4 Å². The highest BCUT2D eigenvalue weighted by molar-refractivity contribution is 7.90. The van der Waals surface area contributed by atoms with E-state index in [1.54, 1.807) is 16.9 Å². The lowest BCUT2D eigenvalue weighted by Crippen LogP contribution is -2.33. The molecule has 2 fully saturated rings. The maximum atomic E-state index is 13.3. The molecule has 2 aromatic rings. The number of aromatic nitrogens is 4. The summed E-state index contributed by atoms with van der Waals surface area (Å²) in [6.45, 7) is 5.03. The molecule has 0 saturated heterocycles. The molecule has 0 spiro atoms. The lowest BCUT2D eigenvalue weighted by Gasteiger charge is -2.27. The van der Waals surface area contributed by atoms with Crippen molar-refractivity contribution in [2.45, 2.75) is 83.0 Å². The van der Waals surface area contributed by atoms with Gasteiger partial charge in [0.05, 0.1) is 12.0 Å². The van der Waals surface area contributed by atoms with E-state index in [0.29, 0.717) is 18.9 Å². The summed E-state index contributed by atoms with van der Waals surface area (Å²) in [5.74, 6) is 0.184. The van der Waals surface area contributed by atoms with Gasteiger partial charge in [0.2, 0.25) is 5.88 Å². The van der Waals surface area contributed by atoms with Crippen LogP contribution in [0.3, 0.4) is 0 Å². The number of fused-ring (bicyclic) bond motifs is 4. The van der Waals surface area contributed by atoms with Crippen molar-refractivity contribution in [3.63, 3.8) is 0 Å². The fraction of sp³-hybridized carbons (Fsp3) is 0.607. The van der Waals surface area contributed by atoms with E-state index in [9.17, 15) is 26.4 Å². The second kappa shape index (κ2) is 11.1. The molecule has 3 N–H and O–H groups in total. The first-order valence-electron chi connectivity index (χ1n) is 14.2. The van der Waals surface area contributed by atoms with Crippen LogP contribution in [-0.4, -0.2) is 46.7 Å². The van der Waals surface area contributed by atoms with Gasteiger partial charge >= 0.3 is 6.18 Å². The van der Waals surface area contributed by atoms with Gasteiger partial charge in [0.1, 0.15) is 5.82 Å². The van der Waals surface area contributed by atoms with E-state index < -0.39 is 27.5 Å². The number of hydrogen-bond acceptors (Lipinski definition) is 7. The highest BCUT2D eigenvalue weighted by atomic mass is 32.2. The molecule has 0 radical (unpaired) electrons. The molecule has 1 amide bonds. The van der Waals surface area contributed by atoms with E-state index in [4.69, 9.17) is 10.5 Å². The number of carbonyl (C=O) groups excluding carboxylic acids is 1. The van der Waals surface area contributed by atoms with E-state index in [1.165, 1.54) is 29.1 Å². The predicted molar refractivity (Wildman–Crippen MR) is 148 cm³/mol. The van der Waals surface area contributed by atoms with Gasteiger partial charge in [-0.1, -0.05) is 13.8 Å². The summed E-state index contributed by atoms with van der Waals surface area (Å²) in [5.41, 5.74) is 4.86. The fourth-order valence-corrected chi connectivity index (χ4v) is 7.10. The first-order valence-corrected chi connectivity index (χ1v) is 15.7. The predicted octanol–water partition coefficient (Wildman–Crippen LogP) is 4.62. The van der Waals surface area contributed by atoms with Crippen LogP contribution in [0.5, 0.6) is 5.88 Å². The number of nitrogens with zero attached hydrogens (tertiary/aromatic N) is 4. The van der Waals surface area contributed by atoms with Crippen molar-refractivity contribution < 1.29 is 31.1 Å². The number of nitrogens with two attached hydrogens (primary N) is 1. The van der Waals surface area contributed by atoms with E-state index >= 15 is 0 Å². The third-order valence-corrected chi connectivity index (χ3v) is 10.2. The van der Waals surface area contributed by atoms with Crippen LogP contribution >= 0.6 is 0 Å². The quantitative estimate of drug-likeness (QED) is 0.345. The van der Waals surface area contributed by atoms with E-state index in [1.807, 2.05) is 0 Å². The molecule has 4 bridgehead atoms. The summed E-state index contributed by atoms with van der Waals surface area (Å²) in [7, 11) is -4.17. The molecule has 14 heteroatoms. The number of carbonyl (C=O) groups is 1. The average Bonchev–Trinajstić information content (AvgIpc) is 3.22. The highest BCUT2D eigenvalue weighted by Crippen LogP contribution is 2.60. The Morgan fingerprint density at radius 3 is 2.71 bits per heavy atom. The number of alkyl halides is 3. The number of halogens is 3. The van der Waals surface area contributed by atoms with Crippen LogP contribution in [0, 0.1) is 22.7 Å². The Kier molecular flexibility index (Phi) is 7.96. The first kappa shape index (κ1) is 30.2. The summed E-state index contributed by atoms with van der Waals surface area (Å²) in [4.78, 5) is 13.3. The smallest absolute Gasteiger partial charge is 0.394 e. The van der Waals surface area contributed by atoms with Gasteiger partial charge in [0, 0.05) is 30.6 Å². The Morgan fingerprint density at radius 1 is 1.24 bits per heavy atom. The Balaban J connectivity index is 1.30. The number of allylic oxidation sites excluding steroid dienone is 2. The third-order valence-electron chi connectivity index (χ3n) is 8.97. The van der Waals surface area contributed by atoms with Gasteiger partial charge in [-0.25, -0.2) is 9.40 Å².